The van der Waals surface area contributed by atoms with E-state index in [1.807, 2.05) is 0 Å². The molecule has 3 atom stereocenters. The molecule has 0 saturated heterocycles. The van der Waals surface area contributed by atoms with Gasteiger partial charge in [0.15, 0.2) is 0 Å². The Morgan fingerprint density at radius 2 is 1.20 bits per heavy atom. The highest BCUT2D eigenvalue weighted by Crippen LogP contribution is 2.49. The molecule has 0 nitrogen and oxygen atoms in total. The Hall–Kier alpha value is -1.13. The molecule has 0 aromatic heterocycles. The van der Waals surface area contributed by atoms with Crippen LogP contribution in [0.15, 0.2) is 36.4 Å². The minimum atomic E-state index is -0.315. The summed E-state index contributed by atoms with van der Waals surface area (Å²) < 4.78 is 0. The highest BCUT2D eigenvalue weighted by atomic mass is 31.1. The van der Waals surface area contributed by atoms with Crippen molar-refractivity contribution in [3.8, 4) is 0 Å². The summed E-state index contributed by atoms with van der Waals surface area (Å²) in [5.74, 6) is 1.74. The van der Waals surface area contributed by atoms with Gasteiger partial charge in [0.2, 0.25) is 0 Å². The third-order valence-electron chi connectivity index (χ3n) is 5.92. The van der Waals surface area contributed by atoms with Crippen molar-refractivity contribution in [2.24, 2.45) is 11.8 Å². The number of aryl methyl sites for hydroxylation is 4. The molecule has 2 unspecified atom stereocenters. The average Bonchev–Trinajstić information content (AvgIpc) is 2.91. The Morgan fingerprint density at radius 1 is 0.760 bits per heavy atom. The van der Waals surface area contributed by atoms with Crippen LogP contribution in [0.2, 0.25) is 0 Å². The fourth-order valence-corrected chi connectivity index (χ4v) is 8.32. The first-order valence-corrected chi connectivity index (χ1v) is 11.2. The number of hydrogen-bond acceptors (Lipinski definition) is 0. The molecular weight excluding hydrogens is 319 g/mol. The van der Waals surface area contributed by atoms with Crippen molar-refractivity contribution in [2.75, 3.05) is 0 Å². The van der Waals surface area contributed by atoms with E-state index in [0.29, 0.717) is 0 Å². The van der Waals surface area contributed by atoms with Gasteiger partial charge in [0, 0.05) is 0 Å². The van der Waals surface area contributed by atoms with Crippen LogP contribution in [0.5, 0.6) is 0 Å². The minimum Gasteiger partial charge on any atom is -0.0622 e. The third-order valence-corrected chi connectivity index (χ3v) is 8.75. The van der Waals surface area contributed by atoms with Gasteiger partial charge in [0.05, 0.1) is 0 Å². The van der Waals surface area contributed by atoms with Gasteiger partial charge in [-0.3, -0.25) is 0 Å². The van der Waals surface area contributed by atoms with Crippen LogP contribution in [0.1, 0.15) is 55.4 Å². The highest BCUT2D eigenvalue weighted by Gasteiger charge is 2.34. The second-order valence-electron chi connectivity index (χ2n) is 8.37. The summed E-state index contributed by atoms with van der Waals surface area (Å²) in [6.45, 7) is 14.0. The smallest absolute Gasteiger partial charge is 0.0126 e. The van der Waals surface area contributed by atoms with E-state index < -0.39 is 0 Å². The molecule has 0 bridgehead atoms. The molecule has 1 aliphatic rings. The molecule has 2 aromatic carbocycles. The van der Waals surface area contributed by atoms with Crippen LogP contribution < -0.4 is 10.6 Å². The topological polar surface area (TPSA) is 0 Å². The van der Waals surface area contributed by atoms with Crippen molar-refractivity contribution in [1.82, 2.24) is 0 Å². The van der Waals surface area contributed by atoms with E-state index in [4.69, 9.17) is 0 Å². The van der Waals surface area contributed by atoms with Gasteiger partial charge in [0.1, 0.15) is 0 Å². The fourth-order valence-electron chi connectivity index (χ4n) is 4.88. The third kappa shape index (κ3) is 4.17. The summed E-state index contributed by atoms with van der Waals surface area (Å²) in [6.07, 6.45) is 4.24. The van der Waals surface area contributed by atoms with Crippen molar-refractivity contribution < 1.29 is 0 Å². The van der Waals surface area contributed by atoms with Crippen molar-refractivity contribution >= 4 is 18.5 Å². The molecule has 0 radical (unpaired) electrons. The van der Waals surface area contributed by atoms with Gasteiger partial charge in [-0.1, -0.05) is 85.3 Å². The van der Waals surface area contributed by atoms with E-state index in [0.717, 1.165) is 17.5 Å². The van der Waals surface area contributed by atoms with E-state index >= 15 is 0 Å². The van der Waals surface area contributed by atoms with Crippen molar-refractivity contribution in [3.63, 3.8) is 0 Å². The molecule has 1 aliphatic carbocycles. The number of rotatable bonds is 4. The summed E-state index contributed by atoms with van der Waals surface area (Å²) in [5.41, 5.74) is 6.35. The van der Waals surface area contributed by atoms with Gasteiger partial charge in [-0.25, -0.2) is 0 Å². The molecule has 0 aliphatic heterocycles. The summed E-state index contributed by atoms with van der Waals surface area (Å²) in [5, 5.41) is 3.15. The second kappa shape index (κ2) is 7.63. The average molecular weight is 353 g/mol. The highest BCUT2D eigenvalue weighted by molar-refractivity contribution is 7.73. The first-order valence-electron chi connectivity index (χ1n) is 9.81. The first kappa shape index (κ1) is 18.7. The zero-order chi connectivity index (χ0) is 18.1. The molecule has 134 valence electrons. The lowest BCUT2D eigenvalue weighted by atomic mass is 9.95. The maximum absolute atomic E-state index is 2.54. The molecule has 0 spiro atoms. The van der Waals surface area contributed by atoms with Gasteiger partial charge in [-0.05, 0) is 70.1 Å². The molecule has 25 heavy (non-hydrogen) atoms. The van der Waals surface area contributed by atoms with E-state index in [9.17, 15) is 0 Å². The van der Waals surface area contributed by atoms with Crippen LogP contribution in [0, 0.1) is 39.5 Å². The van der Waals surface area contributed by atoms with Crippen LogP contribution in [0.4, 0.5) is 0 Å². The summed E-state index contributed by atoms with van der Waals surface area (Å²) >= 11 is 0. The van der Waals surface area contributed by atoms with E-state index in [-0.39, 0.29) is 7.92 Å². The zero-order valence-electron chi connectivity index (χ0n) is 16.8. The van der Waals surface area contributed by atoms with Gasteiger partial charge < -0.3 is 0 Å². The van der Waals surface area contributed by atoms with Crippen molar-refractivity contribution in [2.45, 2.75) is 66.5 Å². The van der Waals surface area contributed by atoms with Gasteiger partial charge >= 0.3 is 0 Å². The molecule has 1 saturated carbocycles. The Balaban J connectivity index is 2.10. The normalized spacial score (nSPS) is 21.7. The lowest BCUT2D eigenvalue weighted by Gasteiger charge is -2.33. The van der Waals surface area contributed by atoms with Gasteiger partial charge in [-0.15, -0.1) is 0 Å². The maximum atomic E-state index is 2.54. The Morgan fingerprint density at radius 3 is 1.56 bits per heavy atom. The molecule has 1 heteroatoms. The SMILES string of the molecule is Cc1cc(C)cc(P(c2cc(C)cc(C)c2)[C@@H](C)C2CCCC2C)c1. The maximum Gasteiger partial charge on any atom is -0.0126 e. The Bertz CT molecular complexity index is 654. The first-order chi connectivity index (χ1) is 11.8. The molecule has 0 heterocycles. The largest absolute Gasteiger partial charge is 0.0622 e. The fraction of sp³-hybridized carbons (Fsp3) is 0.500. The Kier molecular flexibility index (Phi) is 5.69. The molecule has 2 aromatic rings. The molecule has 0 N–H and O–H groups in total. The quantitative estimate of drug-likeness (QED) is 0.577. The summed E-state index contributed by atoms with van der Waals surface area (Å²) in [6, 6.07) is 14.4. The number of benzene rings is 2. The zero-order valence-corrected chi connectivity index (χ0v) is 17.7. The predicted octanol–water partition coefficient (Wildman–Crippen LogP) is 6.18. The van der Waals surface area contributed by atoms with Crippen LogP contribution in [0.3, 0.4) is 0 Å². The molecule has 1 fully saturated rings. The lowest BCUT2D eigenvalue weighted by Crippen LogP contribution is -2.28. The Labute approximate surface area is 155 Å². The lowest BCUT2D eigenvalue weighted by molar-refractivity contribution is 0.414. The molecule has 3 rings (SSSR count). The van der Waals surface area contributed by atoms with Crippen LogP contribution in [-0.4, -0.2) is 5.66 Å². The van der Waals surface area contributed by atoms with E-state index in [1.165, 1.54) is 41.5 Å². The minimum absolute atomic E-state index is 0.315. The van der Waals surface area contributed by atoms with Crippen LogP contribution in [-0.2, 0) is 0 Å². The van der Waals surface area contributed by atoms with E-state index in [1.54, 1.807) is 10.6 Å². The van der Waals surface area contributed by atoms with Crippen LogP contribution in [0.25, 0.3) is 0 Å². The summed E-state index contributed by atoms with van der Waals surface area (Å²) in [4.78, 5) is 0. The van der Waals surface area contributed by atoms with Gasteiger partial charge in [0.25, 0.3) is 0 Å². The molecule has 0 amide bonds. The van der Waals surface area contributed by atoms with E-state index in [2.05, 4.69) is 77.9 Å². The van der Waals surface area contributed by atoms with Gasteiger partial charge in [-0.2, -0.15) is 0 Å². The van der Waals surface area contributed by atoms with Crippen molar-refractivity contribution in [1.29, 1.82) is 0 Å². The standard InChI is InChI=1S/C24H33P/c1-16-10-17(2)13-22(12-16)25(21(6)24-9-7-8-20(24)5)23-14-18(3)11-19(4)15-23/h10-15,20-21,24H,7-9H2,1-6H3/t20?,21-,24?/m0/s1. The number of hydrogen-bond donors (Lipinski definition) is 0. The monoisotopic (exact) mass is 352 g/mol. The second-order valence-corrected chi connectivity index (χ2v) is 11.0. The molecular formula is C24H33P. The predicted molar refractivity (Wildman–Crippen MR) is 114 cm³/mol. The van der Waals surface area contributed by atoms with Crippen LogP contribution >= 0.6 is 7.92 Å². The summed E-state index contributed by atoms with van der Waals surface area (Å²) in [7, 11) is -0.315. The van der Waals surface area contributed by atoms with Crippen molar-refractivity contribution in [3.05, 3.63) is 58.7 Å².